The zero-order valence-electron chi connectivity index (χ0n) is 13.5. The van der Waals surface area contributed by atoms with E-state index < -0.39 is 39.0 Å². The number of thioether (sulfide) groups is 1. The zero-order chi connectivity index (χ0) is 18.6. The Labute approximate surface area is 149 Å². The summed E-state index contributed by atoms with van der Waals surface area (Å²) in [6.45, 7) is -0.497. The number of para-hydroxylation sites is 1. The van der Waals surface area contributed by atoms with Gasteiger partial charge in [0.15, 0.2) is 0 Å². The highest BCUT2D eigenvalue weighted by atomic mass is 32.2. The molecule has 0 saturated carbocycles. The van der Waals surface area contributed by atoms with E-state index in [1.165, 1.54) is 11.8 Å². The molecule has 2 aromatic carbocycles. The standard InChI is InChI=1S/C16H16F2N2O3S2/c1-20(25(22,23)13-8-11(17)7-12(18)9-13)10-16(21)19-14-5-3-4-6-15(14)24-2/h3-9H,10H2,1-2H3,(H,19,21). The monoisotopic (exact) mass is 386 g/mol. The molecule has 0 aromatic heterocycles. The Balaban J connectivity index is 2.14. The van der Waals surface area contributed by atoms with E-state index in [2.05, 4.69) is 5.32 Å². The van der Waals surface area contributed by atoms with E-state index in [0.29, 0.717) is 23.9 Å². The zero-order valence-corrected chi connectivity index (χ0v) is 15.1. The normalized spacial score (nSPS) is 11.6. The minimum atomic E-state index is -4.20. The molecule has 2 rings (SSSR count). The van der Waals surface area contributed by atoms with E-state index in [1.54, 1.807) is 12.1 Å². The van der Waals surface area contributed by atoms with Crippen LogP contribution in [0.3, 0.4) is 0 Å². The van der Waals surface area contributed by atoms with Crippen LogP contribution in [0.1, 0.15) is 0 Å². The Morgan fingerprint density at radius 2 is 1.76 bits per heavy atom. The van der Waals surface area contributed by atoms with Crippen LogP contribution < -0.4 is 5.32 Å². The van der Waals surface area contributed by atoms with Gasteiger partial charge in [-0.05, 0) is 30.5 Å². The van der Waals surface area contributed by atoms with Crippen LogP contribution in [0.15, 0.2) is 52.3 Å². The van der Waals surface area contributed by atoms with Gasteiger partial charge < -0.3 is 5.32 Å². The van der Waals surface area contributed by atoms with E-state index in [1.807, 2.05) is 18.4 Å². The predicted octanol–water partition coefficient (Wildman–Crippen LogP) is 2.95. The summed E-state index contributed by atoms with van der Waals surface area (Å²) in [7, 11) is -3.03. The summed E-state index contributed by atoms with van der Waals surface area (Å²) in [5.74, 6) is -2.58. The lowest BCUT2D eigenvalue weighted by Gasteiger charge is -2.17. The first-order chi connectivity index (χ1) is 11.7. The molecule has 0 unspecified atom stereocenters. The molecule has 0 radical (unpaired) electrons. The summed E-state index contributed by atoms with van der Waals surface area (Å²) >= 11 is 1.43. The molecule has 0 bridgehead atoms. The Hall–Kier alpha value is -1.97. The summed E-state index contributed by atoms with van der Waals surface area (Å²) in [6.07, 6.45) is 1.85. The molecule has 0 atom stereocenters. The molecule has 0 aliphatic carbocycles. The highest BCUT2D eigenvalue weighted by Gasteiger charge is 2.24. The minimum Gasteiger partial charge on any atom is -0.324 e. The van der Waals surface area contributed by atoms with E-state index in [9.17, 15) is 22.0 Å². The van der Waals surface area contributed by atoms with Gasteiger partial charge in [0.2, 0.25) is 15.9 Å². The van der Waals surface area contributed by atoms with Gasteiger partial charge in [-0.15, -0.1) is 11.8 Å². The van der Waals surface area contributed by atoms with E-state index in [-0.39, 0.29) is 0 Å². The SMILES string of the molecule is CSc1ccccc1NC(=O)CN(C)S(=O)(=O)c1cc(F)cc(F)c1. The average molecular weight is 386 g/mol. The molecule has 0 aliphatic rings. The van der Waals surface area contributed by atoms with Crippen molar-refractivity contribution in [1.82, 2.24) is 4.31 Å². The quantitative estimate of drug-likeness (QED) is 0.776. The van der Waals surface area contributed by atoms with Crippen molar-refractivity contribution < 1.29 is 22.0 Å². The van der Waals surface area contributed by atoms with Crippen molar-refractivity contribution in [3.63, 3.8) is 0 Å². The smallest absolute Gasteiger partial charge is 0.243 e. The van der Waals surface area contributed by atoms with Crippen LogP contribution in [0.2, 0.25) is 0 Å². The molecule has 0 aliphatic heterocycles. The lowest BCUT2D eigenvalue weighted by molar-refractivity contribution is -0.116. The fourth-order valence-electron chi connectivity index (χ4n) is 2.08. The molecule has 0 saturated heterocycles. The van der Waals surface area contributed by atoms with Crippen molar-refractivity contribution in [2.24, 2.45) is 0 Å². The second kappa shape index (κ2) is 7.94. The molecular weight excluding hydrogens is 370 g/mol. The lowest BCUT2D eigenvalue weighted by Crippen LogP contribution is -2.35. The van der Waals surface area contributed by atoms with Crippen LogP contribution in [0.5, 0.6) is 0 Å². The van der Waals surface area contributed by atoms with Gasteiger partial charge >= 0.3 is 0 Å². The average Bonchev–Trinajstić information content (AvgIpc) is 2.54. The third kappa shape index (κ3) is 4.77. The number of halogens is 2. The molecule has 0 fully saturated rings. The van der Waals surface area contributed by atoms with Crippen LogP contribution in [0.4, 0.5) is 14.5 Å². The van der Waals surface area contributed by atoms with Crippen molar-refractivity contribution >= 4 is 33.4 Å². The van der Waals surface area contributed by atoms with Crippen LogP contribution in [0, 0.1) is 11.6 Å². The van der Waals surface area contributed by atoms with Gasteiger partial charge in [0.05, 0.1) is 17.1 Å². The van der Waals surface area contributed by atoms with Gasteiger partial charge in [-0.2, -0.15) is 4.31 Å². The van der Waals surface area contributed by atoms with Crippen molar-refractivity contribution in [2.75, 3.05) is 25.2 Å². The maximum atomic E-state index is 13.3. The van der Waals surface area contributed by atoms with Crippen LogP contribution in [-0.2, 0) is 14.8 Å². The number of carbonyl (C=O) groups excluding carboxylic acids is 1. The van der Waals surface area contributed by atoms with Crippen molar-refractivity contribution in [3.8, 4) is 0 Å². The van der Waals surface area contributed by atoms with Gasteiger partial charge in [-0.25, -0.2) is 17.2 Å². The summed E-state index contributed by atoms with van der Waals surface area (Å²) < 4.78 is 51.9. The molecule has 25 heavy (non-hydrogen) atoms. The van der Waals surface area contributed by atoms with E-state index >= 15 is 0 Å². The Kier molecular flexibility index (Phi) is 6.15. The third-order valence-corrected chi connectivity index (χ3v) is 5.87. The number of likely N-dealkylation sites (N-methyl/N-ethyl adjacent to an activating group) is 1. The highest BCUT2D eigenvalue weighted by Crippen LogP contribution is 2.24. The number of hydrogen-bond acceptors (Lipinski definition) is 4. The van der Waals surface area contributed by atoms with Crippen LogP contribution in [0.25, 0.3) is 0 Å². The number of amides is 1. The lowest BCUT2D eigenvalue weighted by atomic mass is 10.3. The van der Waals surface area contributed by atoms with E-state index in [4.69, 9.17) is 0 Å². The number of hydrogen-bond donors (Lipinski definition) is 1. The first-order valence-corrected chi connectivity index (χ1v) is 9.76. The Morgan fingerprint density at radius 3 is 2.36 bits per heavy atom. The van der Waals surface area contributed by atoms with Crippen molar-refractivity contribution in [1.29, 1.82) is 0 Å². The number of anilines is 1. The van der Waals surface area contributed by atoms with Gasteiger partial charge in [-0.1, -0.05) is 12.1 Å². The number of rotatable bonds is 6. The van der Waals surface area contributed by atoms with Crippen molar-refractivity contribution in [3.05, 3.63) is 54.1 Å². The fourth-order valence-corrected chi connectivity index (χ4v) is 3.81. The molecule has 0 spiro atoms. The largest absolute Gasteiger partial charge is 0.324 e. The van der Waals surface area contributed by atoms with Crippen LogP contribution >= 0.6 is 11.8 Å². The number of sulfonamides is 1. The summed E-state index contributed by atoms with van der Waals surface area (Å²) in [5, 5.41) is 2.62. The van der Waals surface area contributed by atoms with E-state index in [0.717, 1.165) is 16.2 Å². The van der Waals surface area contributed by atoms with Crippen molar-refractivity contribution in [2.45, 2.75) is 9.79 Å². The molecule has 1 amide bonds. The molecule has 0 heterocycles. The number of nitrogens with one attached hydrogen (secondary N) is 1. The number of nitrogens with zero attached hydrogens (tertiary/aromatic N) is 1. The first kappa shape index (κ1) is 19.4. The second-order valence-electron chi connectivity index (χ2n) is 5.11. The Bertz CT molecular complexity index is 868. The highest BCUT2D eigenvalue weighted by molar-refractivity contribution is 7.98. The second-order valence-corrected chi connectivity index (χ2v) is 8.01. The molecule has 1 N–H and O–H groups in total. The molecule has 134 valence electrons. The molecule has 2 aromatic rings. The maximum Gasteiger partial charge on any atom is 0.243 e. The molecular formula is C16H16F2N2O3S2. The topological polar surface area (TPSA) is 66.5 Å². The first-order valence-electron chi connectivity index (χ1n) is 7.09. The number of carbonyl (C=O) groups is 1. The van der Waals surface area contributed by atoms with Gasteiger partial charge in [0, 0.05) is 18.0 Å². The Morgan fingerprint density at radius 1 is 1.16 bits per heavy atom. The third-order valence-electron chi connectivity index (χ3n) is 3.29. The van der Waals surface area contributed by atoms with Gasteiger partial charge in [0.25, 0.3) is 0 Å². The molecule has 9 heteroatoms. The summed E-state index contributed by atoms with van der Waals surface area (Å²) in [5.41, 5.74) is 0.558. The predicted molar refractivity (Wildman–Crippen MR) is 93.0 cm³/mol. The minimum absolute atomic E-state index is 0.497. The maximum absolute atomic E-state index is 13.3. The van der Waals surface area contributed by atoms with Crippen LogP contribution in [-0.4, -0.2) is 38.5 Å². The summed E-state index contributed by atoms with van der Waals surface area (Å²) in [6, 6.07) is 9.05. The number of benzene rings is 2. The molecule has 5 nitrogen and oxygen atoms in total. The fraction of sp³-hybridized carbons (Fsp3) is 0.188. The van der Waals surface area contributed by atoms with Gasteiger partial charge in [-0.3, -0.25) is 4.79 Å². The van der Waals surface area contributed by atoms with Gasteiger partial charge in [0.1, 0.15) is 11.6 Å². The summed E-state index contributed by atoms with van der Waals surface area (Å²) in [4.78, 5) is 12.4.